The predicted molar refractivity (Wildman–Crippen MR) is 100 cm³/mol. The number of unbranched alkanes of at least 4 members (excludes halogenated alkanes) is 1. The smallest absolute Gasteiger partial charge is 0.407 e. The van der Waals surface area contributed by atoms with Gasteiger partial charge in [-0.15, -0.1) is 0 Å². The number of carbonyl (C=O) groups is 4. The Labute approximate surface area is 160 Å². The van der Waals surface area contributed by atoms with Crippen molar-refractivity contribution in [3.05, 3.63) is 0 Å². The third kappa shape index (κ3) is 11.8. The van der Waals surface area contributed by atoms with E-state index in [-0.39, 0.29) is 18.2 Å². The molecule has 4 N–H and O–H groups in total. The highest BCUT2D eigenvalue weighted by Crippen LogP contribution is 2.07. The third-order valence-electron chi connectivity index (χ3n) is 3.48. The summed E-state index contributed by atoms with van der Waals surface area (Å²) in [5.74, 6) is -2.25. The molecule has 0 fully saturated rings. The third-order valence-corrected chi connectivity index (χ3v) is 3.48. The van der Waals surface area contributed by atoms with Gasteiger partial charge in [-0.2, -0.15) is 0 Å². The van der Waals surface area contributed by atoms with Gasteiger partial charge in [0.05, 0.1) is 0 Å². The van der Waals surface area contributed by atoms with Gasteiger partial charge in [-0.3, -0.25) is 9.59 Å². The monoisotopic (exact) mass is 387 g/mol. The fourth-order valence-electron chi connectivity index (χ4n) is 1.98. The van der Waals surface area contributed by atoms with Crippen molar-refractivity contribution in [2.45, 2.75) is 78.5 Å². The minimum absolute atomic E-state index is 0.210. The molecule has 0 aromatic rings. The van der Waals surface area contributed by atoms with E-state index in [2.05, 4.69) is 16.0 Å². The van der Waals surface area contributed by atoms with E-state index in [0.717, 1.165) is 0 Å². The number of ether oxygens (including phenoxy) is 1. The minimum Gasteiger partial charge on any atom is -0.480 e. The molecular weight excluding hydrogens is 354 g/mol. The highest BCUT2D eigenvalue weighted by atomic mass is 16.6. The van der Waals surface area contributed by atoms with Crippen LogP contribution in [0.1, 0.15) is 60.8 Å². The molecule has 0 aromatic heterocycles. The van der Waals surface area contributed by atoms with Crippen LogP contribution in [0.15, 0.2) is 0 Å². The van der Waals surface area contributed by atoms with Gasteiger partial charge in [0.25, 0.3) is 0 Å². The lowest BCUT2D eigenvalue weighted by molar-refractivity contribution is -0.142. The number of rotatable bonds is 10. The first-order valence-electron chi connectivity index (χ1n) is 9.14. The first-order valence-corrected chi connectivity index (χ1v) is 9.14. The Morgan fingerprint density at radius 2 is 1.56 bits per heavy atom. The first-order chi connectivity index (χ1) is 12.3. The molecular formula is C18H33N3O6. The van der Waals surface area contributed by atoms with E-state index in [1.165, 1.54) is 6.92 Å². The molecule has 3 amide bonds. The molecule has 0 aromatic carbocycles. The van der Waals surface area contributed by atoms with Crippen LogP contribution in [0.5, 0.6) is 0 Å². The number of carboxylic acid groups (broad SMARTS) is 1. The van der Waals surface area contributed by atoms with Gasteiger partial charge < -0.3 is 25.8 Å². The molecule has 0 heterocycles. The van der Waals surface area contributed by atoms with Crippen LogP contribution in [0.25, 0.3) is 0 Å². The molecule has 9 nitrogen and oxygen atoms in total. The molecule has 156 valence electrons. The van der Waals surface area contributed by atoms with Gasteiger partial charge >= 0.3 is 12.1 Å². The number of carbonyl (C=O) groups excluding carboxylic acids is 3. The second kappa shape index (κ2) is 11.4. The van der Waals surface area contributed by atoms with E-state index in [9.17, 15) is 24.3 Å². The van der Waals surface area contributed by atoms with E-state index >= 15 is 0 Å². The normalized spacial score (nSPS) is 13.4. The van der Waals surface area contributed by atoms with Crippen molar-refractivity contribution in [2.75, 3.05) is 6.54 Å². The standard InChI is InChI=1S/C18H33N3O6/c1-11(2)14(22)20-12(3)15(23)21-13(16(24)25)9-7-8-10-19-17(26)27-18(4,5)6/h11-13H,7-10H2,1-6H3,(H,19,26)(H,20,22)(H,21,23)(H,24,25)/t12-,13-/m0/s1. The Morgan fingerprint density at radius 1 is 0.963 bits per heavy atom. The topological polar surface area (TPSA) is 134 Å². The summed E-state index contributed by atoms with van der Waals surface area (Å²) >= 11 is 0. The minimum atomic E-state index is -1.15. The quantitative estimate of drug-likeness (QED) is 0.419. The molecule has 9 heteroatoms. The number of carboxylic acids is 1. The molecule has 0 bridgehead atoms. The van der Waals surface area contributed by atoms with Crippen LogP contribution >= 0.6 is 0 Å². The number of nitrogens with one attached hydrogen (secondary N) is 3. The van der Waals surface area contributed by atoms with Gasteiger partial charge in [0.15, 0.2) is 0 Å². The molecule has 27 heavy (non-hydrogen) atoms. The number of amides is 3. The Morgan fingerprint density at radius 3 is 2.04 bits per heavy atom. The second-order valence-corrected chi connectivity index (χ2v) is 7.71. The maximum Gasteiger partial charge on any atom is 0.407 e. The van der Waals surface area contributed by atoms with Crippen LogP contribution in [0.4, 0.5) is 4.79 Å². The zero-order chi connectivity index (χ0) is 21.2. The lowest BCUT2D eigenvalue weighted by Gasteiger charge is -2.20. The van der Waals surface area contributed by atoms with Crippen molar-refractivity contribution in [2.24, 2.45) is 5.92 Å². The Balaban J connectivity index is 4.27. The average molecular weight is 387 g/mol. The van der Waals surface area contributed by atoms with E-state index in [4.69, 9.17) is 4.74 Å². The molecule has 2 atom stereocenters. The van der Waals surface area contributed by atoms with E-state index < -0.39 is 35.7 Å². The fourth-order valence-corrected chi connectivity index (χ4v) is 1.98. The predicted octanol–water partition coefficient (Wildman–Crippen LogP) is 1.41. The van der Waals surface area contributed by atoms with Crippen LogP contribution in [0, 0.1) is 5.92 Å². The Bertz CT molecular complexity index is 528. The largest absolute Gasteiger partial charge is 0.480 e. The molecule has 0 saturated carbocycles. The van der Waals surface area contributed by atoms with Crippen molar-refractivity contribution in [1.82, 2.24) is 16.0 Å². The molecule has 0 rings (SSSR count). The molecule has 0 saturated heterocycles. The van der Waals surface area contributed by atoms with Gasteiger partial charge in [0.2, 0.25) is 11.8 Å². The molecule has 0 spiro atoms. The average Bonchev–Trinajstić information content (AvgIpc) is 2.50. The van der Waals surface area contributed by atoms with E-state index in [1.807, 2.05) is 0 Å². The van der Waals surface area contributed by atoms with Gasteiger partial charge in [0, 0.05) is 12.5 Å². The summed E-state index contributed by atoms with van der Waals surface area (Å²) in [6.45, 7) is 10.5. The van der Waals surface area contributed by atoms with Crippen molar-refractivity contribution < 1.29 is 29.0 Å². The lowest BCUT2D eigenvalue weighted by atomic mass is 10.1. The summed E-state index contributed by atoms with van der Waals surface area (Å²) in [6, 6.07) is -1.88. The molecule has 0 aliphatic carbocycles. The van der Waals surface area contributed by atoms with Crippen molar-refractivity contribution >= 4 is 23.9 Å². The number of aliphatic carboxylic acids is 1. The maximum atomic E-state index is 12.1. The Hall–Kier alpha value is -2.32. The van der Waals surface area contributed by atoms with Gasteiger partial charge in [-0.25, -0.2) is 9.59 Å². The molecule has 0 aliphatic rings. The van der Waals surface area contributed by atoms with Crippen molar-refractivity contribution in [3.63, 3.8) is 0 Å². The highest BCUT2D eigenvalue weighted by molar-refractivity contribution is 5.90. The number of alkyl carbamates (subject to hydrolysis) is 1. The lowest BCUT2D eigenvalue weighted by Crippen LogP contribution is -2.51. The summed E-state index contributed by atoms with van der Waals surface area (Å²) in [5, 5.41) is 16.8. The summed E-state index contributed by atoms with van der Waals surface area (Å²) in [6.07, 6.45) is 0.709. The molecule has 0 radical (unpaired) electrons. The zero-order valence-corrected chi connectivity index (χ0v) is 17.0. The summed E-state index contributed by atoms with van der Waals surface area (Å²) in [5.41, 5.74) is -0.579. The highest BCUT2D eigenvalue weighted by Gasteiger charge is 2.24. The van der Waals surface area contributed by atoms with Crippen LogP contribution in [0.2, 0.25) is 0 Å². The summed E-state index contributed by atoms with van der Waals surface area (Å²) in [7, 11) is 0. The van der Waals surface area contributed by atoms with Crippen LogP contribution in [-0.4, -0.2) is 53.2 Å². The zero-order valence-electron chi connectivity index (χ0n) is 17.0. The summed E-state index contributed by atoms with van der Waals surface area (Å²) < 4.78 is 5.10. The molecule has 0 unspecified atom stereocenters. The van der Waals surface area contributed by atoms with E-state index in [0.29, 0.717) is 19.4 Å². The van der Waals surface area contributed by atoms with Crippen LogP contribution in [-0.2, 0) is 19.1 Å². The van der Waals surface area contributed by atoms with Crippen LogP contribution in [0.3, 0.4) is 0 Å². The first kappa shape index (κ1) is 24.7. The number of hydrogen-bond donors (Lipinski definition) is 4. The second-order valence-electron chi connectivity index (χ2n) is 7.71. The maximum absolute atomic E-state index is 12.1. The number of hydrogen-bond acceptors (Lipinski definition) is 5. The summed E-state index contributed by atoms with van der Waals surface area (Å²) in [4.78, 5) is 46.5. The molecule has 0 aliphatic heterocycles. The van der Waals surface area contributed by atoms with Crippen LogP contribution < -0.4 is 16.0 Å². The fraction of sp³-hybridized carbons (Fsp3) is 0.778. The van der Waals surface area contributed by atoms with Crippen molar-refractivity contribution in [1.29, 1.82) is 0 Å². The Kier molecular flexibility index (Phi) is 10.4. The van der Waals surface area contributed by atoms with Gasteiger partial charge in [-0.05, 0) is 47.0 Å². The van der Waals surface area contributed by atoms with Gasteiger partial charge in [-0.1, -0.05) is 13.8 Å². The SMILES string of the molecule is CC(C)C(=O)N[C@@H](C)C(=O)N[C@@H](CCCCNC(=O)OC(C)(C)C)C(=O)O. The van der Waals surface area contributed by atoms with E-state index in [1.54, 1.807) is 34.6 Å². The van der Waals surface area contributed by atoms with Crippen molar-refractivity contribution in [3.8, 4) is 0 Å². The van der Waals surface area contributed by atoms with Gasteiger partial charge in [0.1, 0.15) is 17.7 Å².